The molecule has 2 nitrogen and oxygen atoms in total. The van der Waals surface area contributed by atoms with Gasteiger partial charge < -0.3 is 0 Å². The highest BCUT2D eigenvalue weighted by molar-refractivity contribution is 5.60. The third-order valence-electron chi connectivity index (χ3n) is 4.73. The maximum Gasteiger partial charge on any atom is 0.213 e. The van der Waals surface area contributed by atoms with E-state index in [9.17, 15) is 0 Å². The van der Waals surface area contributed by atoms with E-state index < -0.39 is 0 Å². The number of rotatable bonds is 2. The topological polar surface area (TPSA) is 16.8 Å². The van der Waals surface area contributed by atoms with Crippen molar-refractivity contribution in [1.82, 2.24) is 4.98 Å². The molecule has 1 aliphatic rings. The van der Waals surface area contributed by atoms with E-state index in [0.29, 0.717) is 0 Å². The van der Waals surface area contributed by atoms with E-state index in [1.54, 1.807) is 0 Å². The molecular formula is C17H21N2+. The van der Waals surface area contributed by atoms with Crippen LogP contribution in [-0.4, -0.2) is 4.98 Å². The van der Waals surface area contributed by atoms with Crippen molar-refractivity contribution in [1.29, 1.82) is 0 Å². The van der Waals surface area contributed by atoms with E-state index in [1.807, 2.05) is 12.4 Å². The largest absolute Gasteiger partial charge is 0.264 e. The van der Waals surface area contributed by atoms with Crippen LogP contribution in [0.5, 0.6) is 0 Å². The molecular weight excluding hydrogens is 232 g/mol. The molecule has 0 spiro atoms. The van der Waals surface area contributed by atoms with Gasteiger partial charge in [0.05, 0.1) is 5.56 Å². The number of pyridine rings is 2. The van der Waals surface area contributed by atoms with Crippen molar-refractivity contribution in [2.24, 2.45) is 0 Å². The molecule has 3 heterocycles. The average molecular weight is 253 g/mol. The van der Waals surface area contributed by atoms with Gasteiger partial charge in [0.1, 0.15) is 0 Å². The monoisotopic (exact) mass is 253 g/mol. The molecule has 0 radical (unpaired) electrons. The quantitative estimate of drug-likeness (QED) is 0.749. The van der Waals surface area contributed by atoms with Crippen LogP contribution in [0.25, 0.3) is 11.3 Å². The van der Waals surface area contributed by atoms with Crippen LogP contribution in [-0.2, 0) is 12.0 Å². The third kappa shape index (κ3) is 1.86. The van der Waals surface area contributed by atoms with Crippen LogP contribution in [0.1, 0.15) is 38.7 Å². The number of aryl methyl sites for hydroxylation is 1. The highest BCUT2D eigenvalue weighted by Crippen LogP contribution is 2.33. The minimum absolute atomic E-state index is 0.246. The van der Waals surface area contributed by atoms with Crippen LogP contribution in [0.15, 0.2) is 42.9 Å². The minimum atomic E-state index is 0.246. The Balaban J connectivity index is 2.28. The van der Waals surface area contributed by atoms with E-state index >= 15 is 0 Å². The number of aromatic nitrogens is 2. The summed E-state index contributed by atoms with van der Waals surface area (Å²) in [4.78, 5) is 4.30. The predicted octanol–water partition coefficient (Wildman–Crippen LogP) is 3.50. The molecule has 0 unspecified atom stereocenters. The molecule has 0 N–H and O–H groups in total. The molecule has 0 bridgehead atoms. The normalized spacial score (nSPS) is 16.3. The summed E-state index contributed by atoms with van der Waals surface area (Å²) in [5.41, 5.74) is 4.31. The molecule has 0 saturated heterocycles. The minimum Gasteiger partial charge on any atom is -0.264 e. The van der Waals surface area contributed by atoms with Gasteiger partial charge in [-0.15, -0.1) is 0 Å². The lowest BCUT2D eigenvalue weighted by Crippen LogP contribution is -2.56. The van der Waals surface area contributed by atoms with Gasteiger partial charge in [-0.3, -0.25) is 4.98 Å². The second-order valence-corrected chi connectivity index (χ2v) is 5.42. The molecule has 3 rings (SSSR count). The summed E-state index contributed by atoms with van der Waals surface area (Å²) in [7, 11) is 0. The summed E-state index contributed by atoms with van der Waals surface area (Å²) in [6.07, 6.45) is 10.8. The Morgan fingerprint density at radius 1 is 1.21 bits per heavy atom. The first-order valence-corrected chi connectivity index (χ1v) is 7.25. The van der Waals surface area contributed by atoms with Crippen LogP contribution >= 0.6 is 0 Å². The average Bonchev–Trinajstić information content (AvgIpc) is 2.63. The zero-order valence-electron chi connectivity index (χ0n) is 11.8. The molecule has 0 fully saturated rings. The van der Waals surface area contributed by atoms with E-state index in [-0.39, 0.29) is 5.54 Å². The molecule has 2 heteroatoms. The lowest BCUT2D eigenvalue weighted by molar-refractivity contribution is -0.757. The first-order chi connectivity index (χ1) is 9.30. The van der Waals surface area contributed by atoms with Crippen molar-refractivity contribution in [3.8, 4) is 11.3 Å². The first kappa shape index (κ1) is 12.3. The number of hydrogen-bond acceptors (Lipinski definition) is 1. The summed E-state index contributed by atoms with van der Waals surface area (Å²) in [5, 5.41) is 0. The van der Waals surface area contributed by atoms with Crippen LogP contribution in [0.3, 0.4) is 0 Å². The van der Waals surface area contributed by atoms with Crippen LogP contribution in [0, 0.1) is 0 Å². The van der Waals surface area contributed by atoms with Crippen molar-refractivity contribution < 1.29 is 4.57 Å². The SMILES string of the molecule is CCC1(CC)CCc2cnccc2-c2cccc[n+]21. The fourth-order valence-corrected chi connectivity index (χ4v) is 3.38. The van der Waals surface area contributed by atoms with Gasteiger partial charge in [-0.25, -0.2) is 0 Å². The Morgan fingerprint density at radius 2 is 2.05 bits per heavy atom. The number of hydrogen-bond donors (Lipinski definition) is 0. The second-order valence-electron chi connectivity index (χ2n) is 5.42. The first-order valence-electron chi connectivity index (χ1n) is 7.25. The zero-order chi connectivity index (χ0) is 13.3. The third-order valence-corrected chi connectivity index (χ3v) is 4.73. The summed E-state index contributed by atoms with van der Waals surface area (Å²) >= 11 is 0. The summed E-state index contributed by atoms with van der Waals surface area (Å²) in [6, 6.07) is 8.68. The number of nitrogens with zero attached hydrogens (tertiary/aromatic N) is 2. The van der Waals surface area contributed by atoms with Gasteiger partial charge in [-0.05, 0) is 24.1 Å². The molecule has 98 valence electrons. The highest BCUT2D eigenvalue weighted by atomic mass is 15.1. The molecule has 0 aliphatic carbocycles. The van der Waals surface area contributed by atoms with Crippen molar-refractivity contribution in [3.05, 3.63) is 48.4 Å². The molecule has 0 atom stereocenters. The van der Waals surface area contributed by atoms with Crippen molar-refractivity contribution in [2.75, 3.05) is 0 Å². The lowest BCUT2D eigenvalue weighted by atomic mass is 9.86. The smallest absolute Gasteiger partial charge is 0.213 e. The Kier molecular flexibility index (Phi) is 3.09. The fourth-order valence-electron chi connectivity index (χ4n) is 3.38. The molecule has 0 aromatic carbocycles. The van der Waals surface area contributed by atoms with Crippen LogP contribution in [0.4, 0.5) is 0 Å². The van der Waals surface area contributed by atoms with Gasteiger partial charge in [0.15, 0.2) is 11.7 Å². The Bertz CT molecular complexity index is 585. The van der Waals surface area contributed by atoms with Gasteiger partial charge in [-0.1, -0.05) is 13.8 Å². The van der Waals surface area contributed by atoms with Crippen LogP contribution < -0.4 is 4.57 Å². The molecule has 2 aromatic heterocycles. The van der Waals surface area contributed by atoms with Gasteiger partial charge in [0, 0.05) is 43.8 Å². The molecule has 2 aromatic rings. The lowest BCUT2D eigenvalue weighted by Gasteiger charge is -2.25. The Morgan fingerprint density at radius 3 is 2.84 bits per heavy atom. The highest BCUT2D eigenvalue weighted by Gasteiger charge is 2.40. The van der Waals surface area contributed by atoms with Crippen molar-refractivity contribution in [3.63, 3.8) is 0 Å². The predicted molar refractivity (Wildman–Crippen MR) is 76.7 cm³/mol. The van der Waals surface area contributed by atoms with Gasteiger partial charge >= 0.3 is 0 Å². The van der Waals surface area contributed by atoms with Crippen molar-refractivity contribution in [2.45, 2.75) is 45.1 Å². The van der Waals surface area contributed by atoms with E-state index in [0.717, 1.165) is 6.42 Å². The maximum absolute atomic E-state index is 4.30. The summed E-state index contributed by atoms with van der Waals surface area (Å²) in [5.74, 6) is 0. The molecule has 1 aliphatic heterocycles. The standard InChI is InChI=1S/C17H21N2/c1-3-17(4-2)10-8-14-13-18-11-9-15(14)16-7-5-6-12-19(16)17/h5-7,9,11-13H,3-4,8,10H2,1-2H3/q+1. The van der Waals surface area contributed by atoms with E-state index in [1.165, 1.54) is 36.1 Å². The molecule has 19 heavy (non-hydrogen) atoms. The van der Waals surface area contributed by atoms with Crippen molar-refractivity contribution >= 4 is 0 Å². The fraction of sp³-hybridized carbons (Fsp3) is 0.412. The maximum atomic E-state index is 4.30. The molecule has 0 amide bonds. The van der Waals surface area contributed by atoms with Gasteiger partial charge in [0.25, 0.3) is 0 Å². The van der Waals surface area contributed by atoms with Crippen LogP contribution in [0.2, 0.25) is 0 Å². The second kappa shape index (κ2) is 4.76. The van der Waals surface area contributed by atoms with E-state index in [2.05, 4.69) is 53.9 Å². The van der Waals surface area contributed by atoms with E-state index in [4.69, 9.17) is 0 Å². The number of fused-ring (bicyclic) bond motifs is 3. The summed E-state index contributed by atoms with van der Waals surface area (Å²) in [6.45, 7) is 4.61. The Hall–Kier alpha value is -1.70. The summed E-state index contributed by atoms with van der Waals surface area (Å²) < 4.78 is 2.50. The van der Waals surface area contributed by atoms with Gasteiger partial charge in [0.2, 0.25) is 5.69 Å². The molecule has 0 saturated carbocycles. The van der Waals surface area contributed by atoms with Gasteiger partial charge in [-0.2, -0.15) is 4.57 Å². The Labute approximate surface area is 115 Å². The zero-order valence-corrected chi connectivity index (χ0v) is 11.8.